The van der Waals surface area contributed by atoms with Gasteiger partial charge >= 0.3 is 0 Å². The Kier molecular flexibility index (Phi) is 7.87. The van der Waals surface area contributed by atoms with Crippen LogP contribution in [-0.2, 0) is 24.4 Å². The first-order valence-corrected chi connectivity index (χ1v) is 13.5. The van der Waals surface area contributed by atoms with Crippen molar-refractivity contribution in [2.45, 2.75) is 26.5 Å². The number of fused-ring (bicyclic) bond motifs is 3. The lowest BCUT2D eigenvalue weighted by molar-refractivity contribution is -0.126. The molecule has 0 saturated carbocycles. The molecule has 1 N–H and O–H groups in total. The van der Waals surface area contributed by atoms with Crippen LogP contribution in [0.3, 0.4) is 0 Å². The number of nitrogens with one attached hydrogen (secondary N) is 1. The first kappa shape index (κ1) is 26.1. The van der Waals surface area contributed by atoms with Crippen molar-refractivity contribution >= 4 is 50.6 Å². The number of anilines is 2. The van der Waals surface area contributed by atoms with Crippen LogP contribution >= 0.6 is 22.9 Å². The summed E-state index contributed by atoms with van der Waals surface area (Å²) in [4.78, 5) is 32.1. The van der Waals surface area contributed by atoms with Gasteiger partial charge in [0.05, 0.1) is 22.6 Å². The van der Waals surface area contributed by atoms with Crippen molar-refractivity contribution in [2.24, 2.45) is 0 Å². The van der Waals surface area contributed by atoms with E-state index in [1.807, 2.05) is 73.3 Å². The molecule has 0 unspecified atom stereocenters. The van der Waals surface area contributed by atoms with Gasteiger partial charge in [-0.1, -0.05) is 23.7 Å². The van der Waals surface area contributed by atoms with Crippen LogP contribution in [0.1, 0.15) is 21.8 Å². The first-order chi connectivity index (χ1) is 18.4. The van der Waals surface area contributed by atoms with Crippen LogP contribution in [0, 0.1) is 6.92 Å². The number of hydrogen-bond acceptors (Lipinski definition) is 8. The van der Waals surface area contributed by atoms with Crippen LogP contribution in [0.2, 0.25) is 5.02 Å². The molecule has 1 amide bonds. The number of likely N-dealkylation sites (N-methyl/N-ethyl adjacent to an activating group) is 1. The Balaban J connectivity index is 1.31. The first-order valence-electron chi connectivity index (χ1n) is 12.3. The van der Waals surface area contributed by atoms with E-state index in [1.54, 1.807) is 23.7 Å². The van der Waals surface area contributed by atoms with Crippen molar-refractivity contribution in [1.29, 1.82) is 0 Å². The van der Waals surface area contributed by atoms with Crippen molar-refractivity contribution in [3.05, 3.63) is 81.7 Å². The molecule has 1 aliphatic rings. The van der Waals surface area contributed by atoms with Gasteiger partial charge in [-0.15, -0.1) is 11.3 Å². The zero-order chi connectivity index (χ0) is 26.6. The highest BCUT2D eigenvalue weighted by Crippen LogP contribution is 2.38. The zero-order valence-corrected chi connectivity index (χ0v) is 23.1. The van der Waals surface area contributed by atoms with Crippen molar-refractivity contribution in [3.8, 4) is 5.75 Å². The van der Waals surface area contributed by atoms with Crippen LogP contribution in [-0.4, -0.2) is 57.8 Å². The molecule has 10 heteroatoms. The quantitative estimate of drug-likeness (QED) is 0.296. The highest BCUT2D eigenvalue weighted by atomic mass is 35.5. The molecule has 1 aromatic carbocycles. The summed E-state index contributed by atoms with van der Waals surface area (Å²) in [6.45, 7) is 4.26. The number of pyridine rings is 1. The van der Waals surface area contributed by atoms with Crippen molar-refractivity contribution in [2.75, 3.05) is 32.5 Å². The van der Waals surface area contributed by atoms with Gasteiger partial charge in [0.25, 0.3) is 0 Å². The fraction of sp³-hybridized carbons (Fsp3) is 0.286. The van der Waals surface area contributed by atoms with E-state index in [0.29, 0.717) is 30.5 Å². The Hall–Kier alpha value is -3.53. The fourth-order valence-corrected chi connectivity index (χ4v) is 5.78. The van der Waals surface area contributed by atoms with Crippen LogP contribution in [0.5, 0.6) is 5.75 Å². The smallest absolute Gasteiger partial charge is 0.246 e. The predicted octanol–water partition coefficient (Wildman–Crippen LogP) is 5.37. The van der Waals surface area contributed by atoms with Gasteiger partial charge in [0.15, 0.2) is 0 Å². The lowest BCUT2D eigenvalue weighted by atomic mass is 10.0. The molecule has 0 bridgehead atoms. The zero-order valence-electron chi connectivity index (χ0n) is 21.6. The van der Waals surface area contributed by atoms with Crippen LogP contribution in [0.25, 0.3) is 10.2 Å². The van der Waals surface area contributed by atoms with E-state index < -0.39 is 0 Å². The summed E-state index contributed by atoms with van der Waals surface area (Å²) in [5, 5.41) is 4.91. The van der Waals surface area contributed by atoms with E-state index in [0.717, 1.165) is 51.0 Å². The largest absolute Gasteiger partial charge is 0.486 e. The number of rotatable bonds is 8. The molecule has 8 nitrogen and oxygen atoms in total. The number of aromatic nitrogens is 3. The number of aryl methyl sites for hydroxylation is 1. The Morgan fingerprint density at radius 2 is 2.13 bits per heavy atom. The third kappa shape index (κ3) is 5.96. The maximum Gasteiger partial charge on any atom is 0.246 e. The van der Waals surface area contributed by atoms with Gasteiger partial charge in [0.1, 0.15) is 29.3 Å². The topological polar surface area (TPSA) is 83.5 Å². The number of ether oxygens (including phenoxy) is 1. The molecule has 1 aliphatic heterocycles. The van der Waals surface area contributed by atoms with Crippen LogP contribution < -0.4 is 10.1 Å². The minimum Gasteiger partial charge on any atom is -0.486 e. The predicted molar refractivity (Wildman–Crippen MR) is 152 cm³/mol. The fourth-order valence-electron chi connectivity index (χ4n) is 4.34. The number of amides is 1. The molecule has 0 aliphatic carbocycles. The third-order valence-electron chi connectivity index (χ3n) is 6.20. The Bertz CT molecular complexity index is 1500. The number of nitrogens with zero attached hydrogens (tertiary/aromatic N) is 5. The van der Waals surface area contributed by atoms with Gasteiger partial charge in [0, 0.05) is 35.4 Å². The molecule has 0 fully saturated rings. The summed E-state index contributed by atoms with van der Waals surface area (Å²) in [5.41, 5.74) is 3.79. The van der Waals surface area contributed by atoms with Crippen molar-refractivity contribution < 1.29 is 9.53 Å². The molecule has 4 aromatic rings. The van der Waals surface area contributed by atoms with Gasteiger partial charge in [-0.05, 0) is 63.3 Å². The highest BCUT2D eigenvalue weighted by molar-refractivity contribution is 7.19. The molecule has 0 atom stereocenters. The number of carbonyl (C=O) groups is 1. The second-order valence-corrected chi connectivity index (χ2v) is 10.9. The summed E-state index contributed by atoms with van der Waals surface area (Å²) < 4.78 is 5.90. The average molecular weight is 549 g/mol. The Morgan fingerprint density at radius 1 is 1.26 bits per heavy atom. The van der Waals surface area contributed by atoms with Gasteiger partial charge < -0.3 is 19.9 Å². The number of halogens is 1. The molecule has 0 spiro atoms. The molecule has 0 saturated heterocycles. The lowest BCUT2D eigenvalue weighted by Gasteiger charge is -2.26. The van der Waals surface area contributed by atoms with E-state index in [9.17, 15) is 4.79 Å². The monoisotopic (exact) mass is 548 g/mol. The number of carbonyl (C=O) groups excluding carboxylic acids is 1. The Morgan fingerprint density at radius 3 is 2.92 bits per heavy atom. The molecular formula is C28H29ClN6O2S. The standard InChI is InChI=1S/C28H29ClN6O2S/c1-18-6-4-7-20(32-18)16-37-23-10-9-19(14-22(23)29)33-27-26-21-11-13-35(25(36)8-5-12-34(2)3)15-24(21)38-28(26)31-17-30-27/h4-10,14,17H,11-13,15-16H2,1-3H3,(H,30,31,33)/b8-5+. The molecule has 4 heterocycles. The maximum absolute atomic E-state index is 12.7. The summed E-state index contributed by atoms with van der Waals surface area (Å²) in [6.07, 6.45) is 5.88. The van der Waals surface area contributed by atoms with Crippen molar-refractivity contribution in [3.63, 3.8) is 0 Å². The van der Waals surface area contributed by atoms with E-state index in [1.165, 1.54) is 5.56 Å². The lowest BCUT2D eigenvalue weighted by Crippen LogP contribution is -2.34. The van der Waals surface area contributed by atoms with E-state index in [2.05, 4.69) is 20.3 Å². The number of thiophene rings is 1. The van der Waals surface area contributed by atoms with Crippen LogP contribution in [0.15, 0.2) is 54.9 Å². The van der Waals surface area contributed by atoms with Gasteiger partial charge in [0.2, 0.25) is 5.91 Å². The second kappa shape index (κ2) is 11.5. The summed E-state index contributed by atoms with van der Waals surface area (Å²) in [7, 11) is 3.96. The average Bonchev–Trinajstić information content (AvgIpc) is 3.27. The minimum absolute atomic E-state index is 0.0366. The third-order valence-corrected chi connectivity index (χ3v) is 7.62. The second-order valence-electron chi connectivity index (χ2n) is 9.41. The summed E-state index contributed by atoms with van der Waals surface area (Å²) >= 11 is 8.16. The summed E-state index contributed by atoms with van der Waals surface area (Å²) in [5.74, 6) is 1.35. The summed E-state index contributed by atoms with van der Waals surface area (Å²) in [6, 6.07) is 11.4. The molecule has 196 valence electrons. The van der Waals surface area contributed by atoms with E-state index in [4.69, 9.17) is 16.3 Å². The number of benzene rings is 1. The maximum atomic E-state index is 12.7. The van der Waals surface area contributed by atoms with E-state index in [-0.39, 0.29) is 5.91 Å². The number of hydrogen-bond donors (Lipinski definition) is 1. The highest BCUT2D eigenvalue weighted by Gasteiger charge is 2.25. The van der Waals surface area contributed by atoms with Crippen molar-refractivity contribution in [1.82, 2.24) is 24.8 Å². The van der Waals surface area contributed by atoms with Crippen LogP contribution in [0.4, 0.5) is 11.5 Å². The molecule has 38 heavy (non-hydrogen) atoms. The normalized spacial score (nSPS) is 13.3. The van der Waals surface area contributed by atoms with Gasteiger partial charge in [-0.25, -0.2) is 9.97 Å². The molecule has 5 rings (SSSR count). The SMILES string of the molecule is Cc1cccc(COc2ccc(Nc3ncnc4sc5c(c34)CCN(C(=O)/C=C/CN(C)C)C5)cc2Cl)n1. The van der Waals surface area contributed by atoms with E-state index >= 15 is 0 Å². The van der Waals surface area contributed by atoms with Gasteiger partial charge in [-0.2, -0.15) is 0 Å². The van der Waals surface area contributed by atoms with Gasteiger partial charge in [-0.3, -0.25) is 9.78 Å². The minimum atomic E-state index is 0.0366. The molecular weight excluding hydrogens is 520 g/mol. The Labute approximate surface area is 230 Å². The molecule has 3 aromatic heterocycles. The molecule has 0 radical (unpaired) electrons.